The first-order valence-electron chi connectivity index (χ1n) is 19.4. The number of fused-ring (bicyclic) bond motifs is 2. The van der Waals surface area contributed by atoms with Gasteiger partial charge in [-0.1, -0.05) is 60.5 Å². The van der Waals surface area contributed by atoms with E-state index < -0.39 is 17.9 Å². The van der Waals surface area contributed by atoms with E-state index in [4.69, 9.17) is 28.9 Å². The molecule has 1 saturated heterocycles. The van der Waals surface area contributed by atoms with E-state index in [-0.39, 0.29) is 50.1 Å². The summed E-state index contributed by atoms with van der Waals surface area (Å²) in [6.45, 7) is 10.5. The van der Waals surface area contributed by atoms with Crippen molar-refractivity contribution in [1.29, 1.82) is 0 Å². The number of unbranched alkanes of at least 4 members (excludes halogenated alkanes) is 2. The van der Waals surface area contributed by atoms with Gasteiger partial charge in [-0.15, -0.1) is 6.58 Å². The molecule has 2 N–H and O–H groups in total. The van der Waals surface area contributed by atoms with Crippen LogP contribution in [0.15, 0.2) is 78.0 Å². The van der Waals surface area contributed by atoms with Crippen molar-refractivity contribution in [2.45, 2.75) is 76.2 Å². The highest BCUT2D eigenvalue weighted by Gasteiger charge is 2.65. The Balaban J connectivity index is 1.51. The number of benzene rings is 2. The molecule has 1 saturated carbocycles. The number of nitrogens with zero attached hydrogens (tertiary/aromatic N) is 3. The molecule has 6 rings (SSSR count). The van der Waals surface area contributed by atoms with E-state index in [0.717, 1.165) is 73.5 Å². The molecule has 11 nitrogen and oxygen atoms in total. The van der Waals surface area contributed by atoms with Crippen LogP contribution in [0.25, 0.3) is 0 Å². The Morgan fingerprint density at radius 1 is 1.09 bits per heavy atom. The maximum atomic E-state index is 13.6. The number of carbonyl (C=O) groups is 1. The maximum Gasteiger partial charge on any atom is 0.409 e. The Labute approximate surface area is 314 Å². The van der Waals surface area contributed by atoms with Gasteiger partial charge in [-0.3, -0.25) is 4.90 Å². The molecule has 6 atom stereocenters. The minimum Gasteiger partial charge on any atom is -0.492 e. The SMILES string of the molecule is C=CCOC12Oc3ccc(OCCN4CC4)cc3C3C(CCCCO)C(CCCCO)C=C(C(=NOCc4ccccc4)CC1N(C)C(=O)OCC)C32. The number of aliphatic hydroxyl groups excluding tert-OH is 2. The average Bonchev–Trinajstić information content (AvgIpc) is 4.00. The summed E-state index contributed by atoms with van der Waals surface area (Å²) in [4.78, 5) is 23.6. The fourth-order valence-corrected chi connectivity index (χ4v) is 8.52. The smallest absolute Gasteiger partial charge is 0.409 e. The number of rotatable bonds is 20. The van der Waals surface area contributed by atoms with Crippen molar-refractivity contribution < 1.29 is 38.8 Å². The third-order valence-corrected chi connectivity index (χ3v) is 11.1. The molecule has 0 radical (unpaired) electrons. The van der Waals surface area contributed by atoms with Crippen molar-refractivity contribution in [3.8, 4) is 11.5 Å². The minimum atomic E-state index is -1.31. The summed E-state index contributed by atoms with van der Waals surface area (Å²) in [6, 6.07) is 15.4. The monoisotopic (exact) mass is 731 g/mol. The fraction of sp³-hybridized carbons (Fsp3) is 0.571. The van der Waals surface area contributed by atoms with Gasteiger partial charge < -0.3 is 38.9 Å². The Bertz CT molecular complexity index is 1580. The third-order valence-electron chi connectivity index (χ3n) is 11.1. The molecule has 2 aromatic rings. The van der Waals surface area contributed by atoms with Gasteiger partial charge in [0.05, 0.1) is 24.8 Å². The molecule has 0 aromatic heterocycles. The van der Waals surface area contributed by atoms with Crippen LogP contribution in [0.4, 0.5) is 4.79 Å². The van der Waals surface area contributed by atoms with E-state index in [2.05, 4.69) is 23.6 Å². The zero-order chi connectivity index (χ0) is 37.2. The summed E-state index contributed by atoms with van der Waals surface area (Å²) < 4.78 is 26.0. The van der Waals surface area contributed by atoms with Gasteiger partial charge >= 0.3 is 6.09 Å². The Kier molecular flexibility index (Phi) is 13.5. The van der Waals surface area contributed by atoms with Crippen molar-refractivity contribution in [3.63, 3.8) is 0 Å². The zero-order valence-corrected chi connectivity index (χ0v) is 31.4. The van der Waals surface area contributed by atoms with Gasteiger partial charge in [-0.25, -0.2) is 4.79 Å². The molecular formula is C42H57N3O8. The Morgan fingerprint density at radius 3 is 2.58 bits per heavy atom. The number of hydrogen-bond acceptors (Lipinski definition) is 10. The van der Waals surface area contributed by atoms with Crippen LogP contribution < -0.4 is 9.47 Å². The summed E-state index contributed by atoms with van der Waals surface area (Å²) in [7, 11) is 1.73. The molecule has 1 amide bonds. The lowest BCUT2D eigenvalue weighted by atomic mass is 9.55. The van der Waals surface area contributed by atoms with Gasteiger partial charge in [0, 0.05) is 57.8 Å². The molecule has 2 fully saturated rings. The molecule has 0 bridgehead atoms. The van der Waals surface area contributed by atoms with E-state index in [0.29, 0.717) is 38.2 Å². The predicted molar refractivity (Wildman–Crippen MR) is 203 cm³/mol. The van der Waals surface area contributed by atoms with Crippen molar-refractivity contribution in [2.24, 2.45) is 22.9 Å². The summed E-state index contributed by atoms with van der Waals surface area (Å²) in [5, 5.41) is 24.5. The van der Waals surface area contributed by atoms with Crippen molar-refractivity contribution in [2.75, 3.05) is 59.7 Å². The molecular weight excluding hydrogens is 674 g/mol. The van der Waals surface area contributed by atoms with Crippen LogP contribution in [0.5, 0.6) is 11.5 Å². The number of hydrogen-bond donors (Lipinski definition) is 2. The number of oxime groups is 1. The van der Waals surface area contributed by atoms with Crippen molar-refractivity contribution in [1.82, 2.24) is 9.80 Å². The van der Waals surface area contributed by atoms with Crippen LogP contribution in [0, 0.1) is 17.8 Å². The molecule has 53 heavy (non-hydrogen) atoms. The fourth-order valence-electron chi connectivity index (χ4n) is 8.52. The molecule has 2 heterocycles. The Hall–Kier alpha value is -3.90. The van der Waals surface area contributed by atoms with Crippen molar-refractivity contribution in [3.05, 3.63) is 84.0 Å². The number of amides is 1. The molecule has 6 unspecified atom stereocenters. The first-order valence-corrected chi connectivity index (χ1v) is 19.4. The standard InChI is InChI=1S/C42H57N3O8/c1-4-24-51-42-38(44(3)41(48)49-5-2)28-36(43-52-29-30-13-7-6-8-14-30)34-26-31(15-9-11-22-46)33(16-10-12-23-47)39(40(34)42)35-27-32(17-18-37(35)53-42)50-25-21-45-19-20-45/h4,6-8,13-14,17-18,26-27,31,33,38-40,46-47H,1,5,9-12,15-16,19-25,28-29H2,2-3H3. The van der Waals surface area contributed by atoms with Gasteiger partial charge in [-0.05, 0) is 73.8 Å². The van der Waals surface area contributed by atoms with Gasteiger partial charge in [0.2, 0.25) is 5.79 Å². The van der Waals surface area contributed by atoms with Gasteiger partial charge in [0.15, 0.2) is 0 Å². The molecule has 4 aliphatic rings. The predicted octanol–water partition coefficient (Wildman–Crippen LogP) is 6.30. The van der Waals surface area contributed by atoms with Gasteiger partial charge in [-0.2, -0.15) is 0 Å². The average molecular weight is 732 g/mol. The van der Waals surface area contributed by atoms with Crippen molar-refractivity contribution >= 4 is 11.8 Å². The summed E-state index contributed by atoms with van der Waals surface area (Å²) in [6.07, 6.45) is 8.76. The highest BCUT2D eigenvalue weighted by molar-refractivity contribution is 6.02. The number of carbonyl (C=O) groups excluding carboxylic acids is 1. The molecule has 2 aliphatic heterocycles. The molecule has 2 aliphatic carbocycles. The number of aliphatic hydroxyl groups is 2. The lowest BCUT2D eigenvalue weighted by molar-refractivity contribution is -0.253. The topological polar surface area (TPSA) is 122 Å². The summed E-state index contributed by atoms with van der Waals surface area (Å²) in [5.41, 5.74) is 3.77. The largest absolute Gasteiger partial charge is 0.492 e. The second-order valence-corrected chi connectivity index (χ2v) is 14.5. The number of allylic oxidation sites excluding steroid dienone is 1. The second kappa shape index (κ2) is 18.4. The molecule has 11 heteroatoms. The lowest BCUT2D eigenvalue weighted by Gasteiger charge is -2.59. The van der Waals surface area contributed by atoms with Crippen LogP contribution in [0.1, 0.15) is 68.9 Å². The summed E-state index contributed by atoms with van der Waals surface area (Å²) in [5.74, 6) is -0.0591. The second-order valence-electron chi connectivity index (χ2n) is 14.5. The lowest BCUT2D eigenvalue weighted by Crippen LogP contribution is -2.69. The zero-order valence-electron chi connectivity index (χ0n) is 31.4. The van der Waals surface area contributed by atoms with E-state index in [1.54, 1.807) is 24.9 Å². The molecule has 288 valence electrons. The third kappa shape index (κ3) is 8.91. The summed E-state index contributed by atoms with van der Waals surface area (Å²) >= 11 is 0. The van der Waals surface area contributed by atoms with E-state index >= 15 is 0 Å². The van der Waals surface area contributed by atoms with Crippen LogP contribution in [-0.2, 0) is 20.9 Å². The first-order chi connectivity index (χ1) is 25.9. The highest BCUT2D eigenvalue weighted by atomic mass is 16.7. The maximum absolute atomic E-state index is 13.6. The normalized spacial score (nSPS) is 26.5. The minimum absolute atomic E-state index is 0.116. The first kappa shape index (κ1) is 38.8. The van der Waals surface area contributed by atoms with Crippen LogP contribution >= 0.6 is 0 Å². The van der Waals surface area contributed by atoms with E-state index in [1.165, 1.54) is 0 Å². The van der Waals surface area contributed by atoms with E-state index in [9.17, 15) is 15.0 Å². The highest BCUT2D eigenvalue weighted by Crippen LogP contribution is 2.61. The molecule has 2 aromatic carbocycles. The van der Waals surface area contributed by atoms with Gasteiger partial charge in [0.1, 0.15) is 30.8 Å². The van der Waals surface area contributed by atoms with Crippen LogP contribution in [0.2, 0.25) is 0 Å². The quantitative estimate of drug-likeness (QED) is 0.0699. The van der Waals surface area contributed by atoms with Crippen LogP contribution in [0.3, 0.4) is 0 Å². The molecule has 0 spiro atoms. The number of ether oxygens (including phenoxy) is 4. The number of likely N-dealkylation sites (N-methyl/N-ethyl adjacent to an activating group) is 1. The Morgan fingerprint density at radius 2 is 1.87 bits per heavy atom. The van der Waals surface area contributed by atoms with Gasteiger partial charge in [0.25, 0.3) is 0 Å². The van der Waals surface area contributed by atoms with E-state index in [1.807, 2.05) is 42.5 Å². The van der Waals surface area contributed by atoms with Crippen LogP contribution in [-0.4, -0.2) is 103 Å².